The highest BCUT2D eigenvalue weighted by molar-refractivity contribution is 9.11. The van der Waals surface area contributed by atoms with Gasteiger partial charge in [-0.1, -0.05) is 14.9 Å². The molecule has 2 aromatic heterocycles. The summed E-state index contributed by atoms with van der Waals surface area (Å²) in [7, 11) is -2.21. The average molecular weight is 786 g/mol. The van der Waals surface area contributed by atoms with E-state index in [0.29, 0.717) is 11.0 Å². The summed E-state index contributed by atoms with van der Waals surface area (Å²) >= 11 is 7.59. The van der Waals surface area contributed by atoms with Crippen molar-refractivity contribution in [1.82, 2.24) is 17.5 Å². The molecule has 2 aromatic carbocycles. The first-order chi connectivity index (χ1) is 19.3. The molecule has 6 rings (SSSR count). The van der Waals surface area contributed by atoms with Gasteiger partial charge in [-0.2, -0.15) is 17.5 Å². The quantitative estimate of drug-likeness (QED) is 0.0904. The lowest BCUT2D eigenvalue weighted by Crippen LogP contribution is -2.44. The van der Waals surface area contributed by atoms with E-state index in [1.165, 1.54) is 0 Å². The Bertz CT molecular complexity index is 1570. The van der Waals surface area contributed by atoms with Crippen LogP contribution in [0.4, 0.5) is 17.6 Å². The van der Waals surface area contributed by atoms with Gasteiger partial charge in [0.15, 0.2) is 23.3 Å². The summed E-state index contributed by atoms with van der Waals surface area (Å²) in [5.74, 6) is -4.08. The van der Waals surface area contributed by atoms with Gasteiger partial charge in [0.2, 0.25) is 0 Å². The molecule has 18 heteroatoms. The van der Waals surface area contributed by atoms with Gasteiger partial charge < -0.3 is 18.6 Å². The molecule has 4 heterocycles. The van der Waals surface area contributed by atoms with E-state index < -0.39 is 59.9 Å². The topological polar surface area (TPSA) is 88.5 Å². The normalized spacial score (nSPS) is 19.5. The van der Waals surface area contributed by atoms with Crippen LogP contribution in [0, 0.1) is 23.3 Å². The zero-order chi connectivity index (χ0) is 31.2. The second kappa shape index (κ2) is 12.4. The predicted molar refractivity (Wildman–Crippen MR) is 175 cm³/mol. The maximum Gasteiger partial charge on any atom is 0.500 e. The molecule has 0 atom stereocenters. The molecule has 0 spiro atoms. The van der Waals surface area contributed by atoms with E-state index in [9.17, 15) is 8.78 Å². The lowest BCUT2D eigenvalue weighted by molar-refractivity contribution is 0.00578. The van der Waals surface area contributed by atoms with E-state index in [1.54, 1.807) is 0 Å². The van der Waals surface area contributed by atoms with Crippen LogP contribution < -0.4 is 10.9 Å². The summed E-state index contributed by atoms with van der Waals surface area (Å²) in [5.41, 5.74) is -1.97. The Morgan fingerprint density at radius 2 is 0.750 bits per heavy atom. The number of hydrogen-bond acceptors (Lipinski definition) is 10. The van der Waals surface area contributed by atoms with Crippen LogP contribution >= 0.6 is 55.3 Å². The Morgan fingerprint density at radius 3 is 1.02 bits per heavy atom. The summed E-state index contributed by atoms with van der Waals surface area (Å²) < 4.78 is 96.8. The molecule has 4 aromatic rings. The number of hydrogen-bond donors (Lipinski definition) is 0. The molecule has 44 heavy (non-hydrogen) atoms. The van der Waals surface area contributed by atoms with Crippen LogP contribution in [0.25, 0.3) is 22.1 Å². The molecular formula is C26H32B2Br2F4N4O4S2. The number of fused-ring (bicyclic) bond motifs is 2. The molecule has 8 nitrogen and oxygen atoms in total. The first-order valence-corrected chi connectivity index (χ1v) is 15.6. The van der Waals surface area contributed by atoms with Crippen LogP contribution in [-0.4, -0.2) is 54.1 Å². The Morgan fingerprint density at radius 1 is 0.500 bits per heavy atom. The minimum Gasteiger partial charge on any atom is -0.399 e. The molecular weight excluding hydrogens is 754 g/mol. The van der Waals surface area contributed by atoms with Gasteiger partial charge in [0.05, 0.1) is 65.7 Å². The zero-order valence-corrected chi connectivity index (χ0v) is 28.5. The van der Waals surface area contributed by atoms with Crippen LogP contribution in [-0.2, 0) is 18.6 Å². The largest absolute Gasteiger partial charge is 0.500 e. The third-order valence-electron chi connectivity index (χ3n) is 8.12. The summed E-state index contributed by atoms with van der Waals surface area (Å²) in [5, 5.41) is 0. The fraction of sp³-hybridized carbons (Fsp3) is 0.538. The summed E-state index contributed by atoms with van der Waals surface area (Å²) in [4.78, 5) is 0. The van der Waals surface area contributed by atoms with Crippen molar-refractivity contribution in [3.05, 3.63) is 32.2 Å². The highest BCUT2D eigenvalue weighted by Crippen LogP contribution is 2.39. The zero-order valence-electron chi connectivity index (χ0n) is 23.7. The van der Waals surface area contributed by atoms with E-state index in [4.69, 9.17) is 18.6 Å². The van der Waals surface area contributed by atoms with Crippen molar-refractivity contribution in [1.29, 1.82) is 0 Å². The van der Waals surface area contributed by atoms with Crippen LogP contribution in [0.5, 0.6) is 0 Å². The Kier molecular flexibility index (Phi) is 10.5. The van der Waals surface area contributed by atoms with Gasteiger partial charge in [-0.15, -0.1) is 0 Å². The first kappa shape index (κ1) is 37.2. The average Bonchev–Trinajstić information content (AvgIpc) is 3.63. The monoisotopic (exact) mass is 784 g/mol. The molecule has 2 aliphatic heterocycles. The van der Waals surface area contributed by atoms with Crippen LogP contribution in [0.15, 0.2) is 8.95 Å². The van der Waals surface area contributed by atoms with Crippen LogP contribution in [0.1, 0.15) is 70.2 Å². The van der Waals surface area contributed by atoms with E-state index in [0.717, 1.165) is 23.5 Å². The van der Waals surface area contributed by atoms with Gasteiger partial charge in [-0.25, -0.2) is 17.6 Å². The highest BCUT2D eigenvalue weighted by Gasteiger charge is 2.56. The van der Waals surface area contributed by atoms with Crippen molar-refractivity contribution in [2.75, 3.05) is 0 Å². The minimum atomic E-state index is -1.10. The van der Waals surface area contributed by atoms with E-state index >= 15 is 8.78 Å². The third kappa shape index (κ3) is 5.86. The molecule has 0 aliphatic carbocycles. The third-order valence-corrected chi connectivity index (χ3v) is 10.6. The second-order valence-corrected chi connectivity index (χ2v) is 14.5. The van der Waals surface area contributed by atoms with E-state index in [1.807, 2.05) is 55.4 Å². The number of benzene rings is 2. The van der Waals surface area contributed by atoms with E-state index in [-0.39, 0.29) is 45.8 Å². The fourth-order valence-corrected chi connectivity index (χ4v) is 6.48. The van der Waals surface area contributed by atoms with Crippen molar-refractivity contribution in [2.24, 2.45) is 0 Å². The van der Waals surface area contributed by atoms with Crippen molar-refractivity contribution in [2.45, 2.75) is 92.6 Å². The molecule has 0 N–H and O–H groups in total. The number of aromatic nitrogens is 4. The van der Waals surface area contributed by atoms with Gasteiger partial charge in [-0.3, -0.25) is 0 Å². The van der Waals surface area contributed by atoms with Gasteiger partial charge in [-0.05, 0) is 87.2 Å². The number of rotatable bonds is 2. The molecule has 0 amide bonds. The van der Waals surface area contributed by atoms with Crippen molar-refractivity contribution < 1.29 is 36.2 Å². The molecule has 0 unspecified atom stereocenters. The molecule has 2 aliphatic rings. The maximum absolute atomic E-state index is 15.4. The standard InChI is InChI=1S/C18H24B2F2N2O4S.C6Br2F2N2S.2CH4/c1-15(2)16(3,4)26-19(25-15)9-11(21)12(22)10(14-13(9)23-29-24-14)20-27-17(5,6)18(7,8)28-20;7-1-3(9)4(10)2(8)6-5(1)11-13-12-6;;/h1-8H3;;2*1H4. The minimum absolute atomic E-state index is 0. The molecule has 2 fully saturated rings. The Balaban J connectivity index is 0.000000297. The Labute approximate surface area is 279 Å². The Hall–Kier alpha value is -1.27. The first-order valence-electron chi connectivity index (χ1n) is 12.6. The van der Waals surface area contributed by atoms with Gasteiger partial charge in [0.25, 0.3) is 0 Å². The van der Waals surface area contributed by atoms with Crippen LogP contribution in [0.2, 0.25) is 0 Å². The molecule has 0 bridgehead atoms. The van der Waals surface area contributed by atoms with Crippen molar-refractivity contribution in [3.63, 3.8) is 0 Å². The second-order valence-electron chi connectivity index (χ2n) is 11.8. The SMILES string of the molecule is C.C.CC1(C)OB(c2c(F)c(F)c(B3OC(C)(C)C(C)(C)O3)c3nsnc23)OC1(C)C.Fc1c(F)c(Br)c2nsnc2c1Br. The van der Waals surface area contributed by atoms with E-state index in [2.05, 4.69) is 49.4 Å². The molecule has 2 saturated heterocycles. The number of halogens is 6. The summed E-state index contributed by atoms with van der Waals surface area (Å²) in [6, 6.07) is 0. The highest BCUT2D eigenvalue weighted by atomic mass is 79.9. The smallest absolute Gasteiger partial charge is 0.399 e. The fourth-order valence-electron chi connectivity index (χ4n) is 4.22. The van der Waals surface area contributed by atoms with Gasteiger partial charge in [0.1, 0.15) is 22.1 Å². The maximum atomic E-state index is 15.4. The lowest BCUT2D eigenvalue weighted by Gasteiger charge is -2.32. The number of nitrogens with zero attached hydrogens (tertiary/aromatic N) is 4. The molecule has 240 valence electrons. The van der Waals surface area contributed by atoms with Gasteiger partial charge in [0, 0.05) is 0 Å². The molecule has 0 radical (unpaired) electrons. The molecule has 0 saturated carbocycles. The summed E-state index contributed by atoms with van der Waals surface area (Å²) in [6.07, 6.45) is 0. The predicted octanol–water partition coefficient (Wildman–Crippen LogP) is 7.33. The van der Waals surface area contributed by atoms with Gasteiger partial charge >= 0.3 is 14.2 Å². The van der Waals surface area contributed by atoms with Crippen molar-refractivity contribution >= 4 is 103 Å². The van der Waals surface area contributed by atoms with Crippen molar-refractivity contribution in [3.8, 4) is 0 Å². The lowest BCUT2D eigenvalue weighted by atomic mass is 9.71. The van der Waals surface area contributed by atoms with Crippen LogP contribution in [0.3, 0.4) is 0 Å². The summed E-state index contributed by atoms with van der Waals surface area (Å²) in [6.45, 7) is 14.7.